The highest BCUT2D eigenvalue weighted by Crippen LogP contribution is 2.48. The average Bonchev–Trinajstić information content (AvgIpc) is 1.59. The quantitative estimate of drug-likeness (QED) is 0.0555. The van der Waals surface area contributed by atoms with Gasteiger partial charge < -0.3 is 65.1 Å². The lowest BCUT2D eigenvalue weighted by Gasteiger charge is -2.36. The van der Waals surface area contributed by atoms with Gasteiger partial charge in [0.05, 0.1) is 51.7 Å². The number of nitrogens with one attached hydrogen (secondary N) is 6. The minimum absolute atomic E-state index is 0.107. The first-order valence-corrected chi connectivity index (χ1v) is 46.8. The minimum atomic E-state index is -0.621. The molecule has 0 radical (unpaired) electrons. The third kappa shape index (κ3) is 19.4. The van der Waals surface area contributed by atoms with Gasteiger partial charge in [0.1, 0.15) is 45.9 Å². The van der Waals surface area contributed by atoms with Crippen LogP contribution in [0.25, 0.3) is 21.9 Å². The van der Waals surface area contributed by atoms with Crippen molar-refractivity contribution < 1.29 is 33.4 Å². The maximum absolute atomic E-state index is 13.3. The van der Waals surface area contributed by atoms with Crippen LogP contribution in [0, 0.1) is 6.92 Å². The van der Waals surface area contributed by atoms with Gasteiger partial charge in [0, 0.05) is 178 Å². The van der Waals surface area contributed by atoms with Crippen molar-refractivity contribution in [3.05, 3.63) is 139 Å². The predicted octanol–water partition coefficient (Wildman–Crippen LogP) is 16.5. The molecule has 0 unspecified atom stereocenters. The smallest absolute Gasteiger partial charge is 0.410 e. The number of aromatic nitrogens is 13. The van der Waals surface area contributed by atoms with Crippen LogP contribution in [0.4, 0.5) is 90.9 Å². The molecule has 130 heavy (non-hydrogen) atoms. The Bertz CT molecular complexity index is 5540. The fourth-order valence-electron chi connectivity index (χ4n) is 19.5. The fourth-order valence-corrected chi connectivity index (χ4v) is 19.5. The van der Waals surface area contributed by atoms with Gasteiger partial charge in [0.15, 0.2) is 0 Å². The second kappa shape index (κ2) is 37.2. The largest absolute Gasteiger partial charge is 0.444 e. The molecular weight excluding hydrogens is 1640 g/mol. The monoisotopic (exact) mass is 1770 g/mol. The fraction of sp³-hybridized carbons (Fsp3) is 0.526. The van der Waals surface area contributed by atoms with E-state index in [0.717, 1.165) is 188 Å². The molecule has 0 atom stereocenters. The molecule has 10 aromatic rings. The first kappa shape index (κ1) is 89.6. The third-order valence-corrected chi connectivity index (χ3v) is 26.9. The molecule has 3 saturated heterocycles. The van der Waals surface area contributed by atoms with Crippen LogP contribution in [0.3, 0.4) is 0 Å². The third-order valence-electron chi connectivity index (χ3n) is 26.9. The highest BCUT2D eigenvalue weighted by molar-refractivity contribution is 6.09. The summed E-state index contributed by atoms with van der Waals surface area (Å²) in [5.41, 5.74) is 8.26. The van der Waals surface area contributed by atoms with E-state index < -0.39 is 27.4 Å². The second-order valence-corrected chi connectivity index (χ2v) is 39.6. The molecule has 4 saturated carbocycles. The van der Waals surface area contributed by atoms with Crippen LogP contribution in [0.1, 0.15) is 221 Å². The molecule has 10 aliphatic rings. The minimum Gasteiger partial charge on any atom is -0.444 e. The van der Waals surface area contributed by atoms with Crippen molar-refractivity contribution in [3.8, 4) is 0 Å². The van der Waals surface area contributed by atoms with Crippen molar-refractivity contribution in [1.82, 2.24) is 79.7 Å². The molecule has 2 aromatic carbocycles. The van der Waals surface area contributed by atoms with Crippen molar-refractivity contribution in [3.63, 3.8) is 0 Å². The zero-order valence-electron chi connectivity index (χ0n) is 77.6. The summed E-state index contributed by atoms with van der Waals surface area (Å²) in [5, 5.41) is 25.7. The Labute approximate surface area is 760 Å². The van der Waals surface area contributed by atoms with E-state index in [9.17, 15) is 24.0 Å². The number of fused-ring (bicyclic) bond motifs is 5. The number of carbonyl (C=O) groups is 5. The van der Waals surface area contributed by atoms with Gasteiger partial charge in [0.25, 0.3) is 0 Å². The first-order valence-electron chi connectivity index (χ1n) is 46.8. The van der Waals surface area contributed by atoms with E-state index in [4.69, 9.17) is 29.4 Å². The zero-order chi connectivity index (χ0) is 91.0. The first-order chi connectivity index (χ1) is 62.4. The Morgan fingerprint density at radius 3 is 1.24 bits per heavy atom. The van der Waals surface area contributed by atoms with E-state index >= 15 is 0 Å². The number of aryl methyl sites for hydroxylation is 1. The summed E-state index contributed by atoms with van der Waals surface area (Å²) >= 11 is 0. The van der Waals surface area contributed by atoms with Gasteiger partial charge in [-0.2, -0.15) is 25.0 Å². The van der Waals surface area contributed by atoms with Crippen molar-refractivity contribution in [2.75, 3.05) is 129 Å². The van der Waals surface area contributed by atoms with Crippen LogP contribution in [0.5, 0.6) is 0 Å². The van der Waals surface area contributed by atoms with Crippen molar-refractivity contribution in [2.24, 2.45) is 0 Å². The Balaban J connectivity index is 0.000000122. The summed E-state index contributed by atoms with van der Waals surface area (Å²) in [5.74, 6) is 5.95. The molecule has 6 N–H and O–H groups in total. The number of anilines is 14. The number of amides is 5. The van der Waals surface area contributed by atoms with Gasteiger partial charge in [-0.1, -0.05) is 57.8 Å². The van der Waals surface area contributed by atoms with Gasteiger partial charge in [-0.15, -0.1) is 0 Å². The SMILES string of the molecule is CC(C)(C)OC(=O)N1CCN(c2ccc(Nc3ncc4c(n3)N(C3CCCC3)C(=O)C4(C)C)cc2)CC1.CC(C)(C)OC(=O)N1CCN(c2ccc(Nc3ncc4c(n3)N(C3CCCC3)C(=O)C4(C)C)nc2)CC1.CC1(C)C(=O)N(C2CCCC2)c2nc(Nc3ccc(N4CCNCC4)cn3)ncc21.Cc1cn(C2CCCCC2)c2nc(Nc3ccc4[nH]ncc4c3)ncc12. The van der Waals surface area contributed by atoms with Crippen LogP contribution in [0.15, 0.2) is 116 Å². The van der Waals surface area contributed by atoms with Crippen molar-refractivity contribution >= 4 is 133 Å². The number of ether oxygens (including phenoxy) is 2. The van der Waals surface area contributed by atoms with E-state index in [1.807, 2.05) is 165 Å². The lowest BCUT2D eigenvalue weighted by atomic mass is 9.88. The van der Waals surface area contributed by atoms with Gasteiger partial charge in [-0.3, -0.25) is 34.2 Å². The second-order valence-electron chi connectivity index (χ2n) is 39.6. The summed E-state index contributed by atoms with van der Waals surface area (Å²) in [6.07, 6.45) is 34.2. The lowest BCUT2D eigenvalue weighted by Crippen LogP contribution is -2.50. The van der Waals surface area contributed by atoms with E-state index in [0.29, 0.717) is 80.7 Å². The Hall–Kier alpha value is -12.4. The molecule has 20 rings (SSSR count). The average molecular weight is 1770 g/mol. The molecule has 0 bridgehead atoms. The lowest BCUT2D eigenvalue weighted by molar-refractivity contribution is -0.123. The molecule has 686 valence electrons. The van der Waals surface area contributed by atoms with Crippen LogP contribution in [0.2, 0.25) is 0 Å². The van der Waals surface area contributed by atoms with E-state index in [-0.39, 0.29) is 48.0 Å². The molecule has 7 fully saturated rings. The molecule has 0 spiro atoms. The number of rotatable bonds is 15. The van der Waals surface area contributed by atoms with Crippen molar-refractivity contribution in [1.29, 1.82) is 0 Å². The summed E-state index contributed by atoms with van der Waals surface area (Å²) in [7, 11) is 0. The van der Waals surface area contributed by atoms with E-state index in [2.05, 4.69) is 123 Å². The van der Waals surface area contributed by atoms with E-state index in [1.165, 1.54) is 50.5 Å². The van der Waals surface area contributed by atoms with Crippen LogP contribution in [-0.2, 0) is 40.1 Å². The van der Waals surface area contributed by atoms with Crippen LogP contribution < -0.4 is 56.0 Å². The standard InChI is InChI=1S/C28H38N6O3.C27H37N7O3.C22H29N7O.C20H22N6/c1-27(2,3)37-26(36)33-16-14-32(15-17-33)20-12-10-19(11-13-20)30-25-29-18-22-23(31-25)34(21-8-6-7-9-21)24(35)28(22,4)5;1-26(2,3)37-25(36)33-14-12-32(13-15-33)19-10-11-21(28-16-19)30-24-29-17-20-22(31-24)34(18-8-6-7-9-18)23(35)27(20,4)5;1-22(2)17-14-25-21(27-19(17)29(20(22)30)15-5-3-4-6-15)26-18-8-7-16(13-24-18)28-11-9-23-10-12-28;1-13-12-26(16-5-3-2-4-6-16)19-17(13)11-21-20(24-19)23-15-7-8-18-14(9-15)10-22-25-18/h10-13,18,21H,6-9,14-17H2,1-5H3,(H,29,30,31);10-11,16-18H,6-9,12-15H2,1-5H3,(H,28,29,30,31);7-8,13-15,23H,3-6,9-12H2,1-2H3,(H,24,25,26,27);7-12,16H,2-6H2,1H3,(H,22,25)(H,21,23,24). The number of pyridine rings is 2. The Morgan fingerprint density at radius 2 is 0.800 bits per heavy atom. The maximum Gasteiger partial charge on any atom is 0.410 e. The topological polar surface area (TPSA) is 352 Å². The van der Waals surface area contributed by atoms with Gasteiger partial charge in [-0.05, 0) is 214 Å². The summed E-state index contributed by atoms with van der Waals surface area (Å²) in [4.78, 5) is 127. The maximum atomic E-state index is 13.3. The number of hydrogen-bond donors (Lipinski definition) is 6. The number of hydrogen-bond acceptors (Lipinski definition) is 26. The number of piperazine rings is 3. The number of carbonyl (C=O) groups excluding carboxylic acids is 5. The number of aromatic amines is 1. The number of benzene rings is 2. The Morgan fingerprint density at radius 1 is 0.415 bits per heavy atom. The van der Waals surface area contributed by atoms with Crippen LogP contribution in [-0.4, -0.2) is 212 Å². The molecule has 6 aliphatic heterocycles. The molecule has 33 heteroatoms. The molecule has 33 nitrogen and oxygen atoms in total. The zero-order valence-corrected chi connectivity index (χ0v) is 77.6. The van der Waals surface area contributed by atoms with Gasteiger partial charge >= 0.3 is 12.2 Å². The Kier molecular flexibility index (Phi) is 25.6. The number of nitrogens with zero attached hydrogens (tertiary/aromatic N) is 20. The highest BCUT2D eigenvalue weighted by atomic mass is 16.6. The molecular formula is C97H126N26O7. The summed E-state index contributed by atoms with van der Waals surface area (Å²) in [6.45, 7) is 34.6. The normalized spacial score (nSPS) is 19.3. The van der Waals surface area contributed by atoms with Gasteiger partial charge in [0.2, 0.25) is 41.5 Å². The molecule has 8 aromatic heterocycles. The van der Waals surface area contributed by atoms with Crippen molar-refractivity contribution in [2.45, 2.75) is 251 Å². The predicted molar refractivity (Wildman–Crippen MR) is 508 cm³/mol. The van der Waals surface area contributed by atoms with Crippen LogP contribution >= 0.6 is 0 Å². The molecule has 5 amide bonds. The summed E-state index contributed by atoms with van der Waals surface area (Å²) < 4.78 is 13.4. The number of H-pyrrole nitrogens is 1. The highest BCUT2D eigenvalue weighted by Gasteiger charge is 2.52. The van der Waals surface area contributed by atoms with Gasteiger partial charge in [-0.25, -0.2) is 39.5 Å². The molecule has 4 aliphatic carbocycles. The van der Waals surface area contributed by atoms with E-state index in [1.54, 1.807) is 28.4 Å². The summed E-state index contributed by atoms with van der Waals surface area (Å²) in [6, 6.07) is 23.4. The molecule has 14 heterocycles.